The molecule has 0 aliphatic rings. The van der Waals surface area contributed by atoms with Gasteiger partial charge in [-0.1, -0.05) is 12.1 Å². The van der Waals surface area contributed by atoms with Crippen molar-refractivity contribution >= 4 is 0 Å². The number of benzene rings is 2. The van der Waals surface area contributed by atoms with Gasteiger partial charge in [0.2, 0.25) is 0 Å². The highest BCUT2D eigenvalue weighted by molar-refractivity contribution is 5.31. The van der Waals surface area contributed by atoms with Gasteiger partial charge < -0.3 is 15.2 Å². The van der Waals surface area contributed by atoms with Crippen LogP contribution in [-0.4, -0.2) is 13.7 Å². The Morgan fingerprint density at radius 1 is 1.10 bits per heavy atom. The van der Waals surface area contributed by atoms with Gasteiger partial charge in [0.15, 0.2) is 11.6 Å². The minimum absolute atomic E-state index is 0.119. The molecule has 2 rings (SSSR count). The van der Waals surface area contributed by atoms with Crippen molar-refractivity contribution in [1.29, 1.82) is 0 Å². The summed E-state index contributed by atoms with van der Waals surface area (Å²) in [5.41, 5.74) is 7.07. The lowest BCUT2D eigenvalue weighted by molar-refractivity contribution is 0.288. The minimum Gasteiger partial charge on any atom is -0.494 e. The molecule has 0 bridgehead atoms. The molecule has 2 aromatic carbocycles. The summed E-state index contributed by atoms with van der Waals surface area (Å²) >= 11 is 0. The highest BCUT2D eigenvalue weighted by Crippen LogP contribution is 2.22. The van der Waals surface area contributed by atoms with E-state index in [2.05, 4.69) is 0 Å². The fourth-order valence-corrected chi connectivity index (χ4v) is 1.86. The molecule has 112 valence electrons. The third kappa shape index (κ3) is 3.70. The van der Waals surface area contributed by atoms with Gasteiger partial charge in [0.1, 0.15) is 18.2 Å². The van der Waals surface area contributed by atoms with Crippen molar-refractivity contribution in [1.82, 2.24) is 0 Å². The van der Waals surface area contributed by atoms with Crippen LogP contribution in [0.1, 0.15) is 17.2 Å². The van der Waals surface area contributed by atoms with E-state index < -0.39 is 11.9 Å². The lowest BCUT2D eigenvalue weighted by atomic mass is 10.1. The van der Waals surface area contributed by atoms with Crippen molar-refractivity contribution in [3.8, 4) is 11.5 Å². The molecular formula is C16H17F2NO2. The van der Waals surface area contributed by atoms with Gasteiger partial charge in [-0.3, -0.25) is 0 Å². The Labute approximate surface area is 122 Å². The Morgan fingerprint density at radius 3 is 2.48 bits per heavy atom. The van der Waals surface area contributed by atoms with Crippen LogP contribution in [0, 0.1) is 18.6 Å². The summed E-state index contributed by atoms with van der Waals surface area (Å²) in [5.74, 6) is -0.265. The molecule has 21 heavy (non-hydrogen) atoms. The molecule has 0 heterocycles. The molecule has 0 spiro atoms. The second kappa shape index (κ2) is 6.54. The number of nitrogens with two attached hydrogens (primary N) is 1. The molecule has 2 aromatic rings. The van der Waals surface area contributed by atoms with E-state index in [9.17, 15) is 8.78 Å². The molecule has 0 fully saturated rings. The quantitative estimate of drug-likeness (QED) is 0.919. The Hall–Kier alpha value is -2.14. The predicted octanol–water partition coefficient (Wildman–Crippen LogP) is 3.36. The maximum atomic E-state index is 13.6. The van der Waals surface area contributed by atoms with Crippen molar-refractivity contribution < 1.29 is 18.3 Å². The largest absolute Gasteiger partial charge is 0.494 e. The normalized spacial score (nSPS) is 12.0. The summed E-state index contributed by atoms with van der Waals surface area (Å²) < 4.78 is 37.3. The standard InChI is InChI=1S/C16H17F2NO2/c1-10-3-5-12(8-13(10)17)21-9-15(19)11-4-6-16(20-2)14(18)7-11/h3-8,15H,9,19H2,1-2H3. The van der Waals surface area contributed by atoms with Gasteiger partial charge in [0, 0.05) is 6.07 Å². The SMILES string of the molecule is COc1ccc(C(N)COc2ccc(C)c(F)c2)cc1F. The van der Waals surface area contributed by atoms with Crippen LogP contribution < -0.4 is 15.2 Å². The molecule has 3 nitrogen and oxygen atoms in total. The van der Waals surface area contributed by atoms with Gasteiger partial charge in [-0.25, -0.2) is 8.78 Å². The average Bonchev–Trinajstić information content (AvgIpc) is 2.48. The molecule has 5 heteroatoms. The maximum absolute atomic E-state index is 13.6. The Kier molecular flexibility index (Phi) is 4.75. The van der Waals surface area contributed by atoms with Crippen molar-refractivity contribution in [2.75, 3.05) is 13.7 Å². The number of hydrogen-bond acceptors (Lipinski definition) is 3. The molecule has 0 amide bonds. The van der Waals surface area contributed by atoms with E-state index in [0.29, 0.717) is 16.9 Å². The lowest BCUT2D eigenvalue weighted by Crippen LogP contribution is -2.19. The number of hydrogen-bond donors (Lipinski definition) is 1. The summed E-state index contributed by atoms with van der Waals surface area (Å²) in [6, 6.07) is 8.57. The topological polar surface area (TPSA) is 44.5 Å². The van der Waals surface area contributed by atoms with E-state index in [-0.39, 0.29) is 18.2 Å². The zero-order valence-corrected chi connectivity index (χ0v) is 11.9. The van der Waals surface area contributed by atoms with E-state index in [1.165, 1.54) is 25.3 Å². The van der Waals surface area contributed by atoms with Crippen LogP contribution in [0.4, 0.5) is 8.78 Å². The summed E-state index contributed by atoms with van der Waals surface area (Å²) in [6.45, 7) is 1.79. The first-order chi connectivity index (χ1) is 10.0. The van der Waals surface area contributed by atoms with Crippen molar-refractivity contribution in [2.45, 2.75) is 13.0 Å². The number of ether oxygens (including phenoxy) is 2. The number of aryl methyl sites for hydroxylation is 1. The van der Waals surface area contributed by atoms with Gasteiger partial charge >= 0.3 is 0 Å². The Balaban J connectivity index is 2.02. The highest BCUT2D eigenvalue weighted by Gasteiger charge is 2.11. The first kappa shape index (κ1) is 15.3. The first-order valence-corrected chi connectivity index (χ1v) is 6.49. The average molecular weight is 293 g/mol. The van der Waals surface area contributed by atoms with E-state index in [1.807, 2.05) is 0 Å². The van der Waals surface area contributed by atoms with Crippen LogP contribution in [-0.2, 0) is 0 Å². The number of rotatable bonds is 5. The van der Waals surface area contributed by atoms with E-state index in [4.69, 9.17) is 15.2 Å². The van der Waals surface area contributed by atoms with Crippen LogP contribution in [0.3, 0.4) is 0 Å². The smallest absolute Gasteiger partial charge is 0.165 e. The van der Waals surface area contributed by atoms with Gasteiger partial charge in [-0.2, -0.15) is 0 Å². The predicted molar refractivity (Wildman–Crippen MR) is 76.5 cm³/mol. The Bertz CT molecular complexity index is 632. The second-order valence-electron chi connectivity index (χ2n) is 4.72. The summed E-state index contributed by atoms with van der Waals surface area (Å²) in [4.78, 5) is 0. The van der Waals surface area contributed by atoms with E-state index in [1.54, 1.807) is 25.1 Å². The number of halogens is 2. The molecule has 0 aliphatic carbocycles. The van der Waals surface area contributed by atoms with Gasteiger partial charge in [0.25, 0.3) is 0 Å². The molecule has 0 aliphatic heterocycles. The fourth-order valence-electron chi connectivity index (χ4n) is 1.86. The van der Waals surface area contributed by atoms with Crippen molar-refractivity contribution in [3.05, 3.63) is 59.2 Å². The van der Waals surface area contributed by atoms with Crippen LogP contribution in [0.2, 0.25) is 0 Å². The molecule has 1 unspecified atom stereocenters. The monoisotopic (exact) mass is 293 g/mol. The third-order valence-electron chi connectivity index (χ3n) is 3.18. The maximum Gasteiger partial charge on any atom is 0.165 e. The lowest BCUT2D eigenvalue weighted by Gasteiger charge is -2.14. The van der Waals surface area contributed by atoms with Crippen LogP contribution in [0.25, 0.3) is 0 Å². The number of methoxy groups -OCH3 is 1. The zero-order chi connectivity index (χ0) is 15.4. The molecule has 0 radical (unpaired) electrons. The van der Waals surface area contributed by atoms with Crippen LogP contribution in [0.5, 0.6) is 11.5 Å². The third-order valence-corrected chi connectivity index (χ3v) is 3.18. The van der Waals surface area contributed by atoms with Crippen molar-refractivity contribution in [2.24, 2.45) is 5.73 Å². The summed E-state index contributed by atoms with van der Waals surface area (Å²) in [5, 5.41) is 0. The molecule has 0 saturated carbocycles. The Morgan fingerprint density at radius 2 is 1.86 bits per heavy atom. The minimum atomic E-state index is -0.519. The van der Waals surface area contributed by atoms with Gasteiger partial charge in [-0.05, 0) is 36.2 Å². The molecule has 0 aromatic heterocycles. The first-order valence-electron chi connectivity index (χ1n) is 6.49. The molecule has 0 saturated heterocycles. The molecular weight excluding hydrogens is 276 g/mol. The van der Waals surface area contributed by atoms with Gasteiger partial charge in [-0.15, -0.1) is 0 Å². The highest BCUT2D eigenvalue weighted by atomic mass is 19.1. The van der Waals surface area contributed by atoms with Crippen LogP contribution >= 0.6 is 0 Å². The van der Waals surface area contributed by atoms with Crippen molar-refractivity contribution in [3.63, 3.8) is 0 Å². The van der Waals surface area contributed by atoms with Gasteiger partial charge in [0.05, 0.1) is 13.2 Å². The zero-order valence-electron chi connectivity index (χ0n) is 11.9. The summed E-state index contributed by atoms with van der Waals surface area (Å²) in [7, 11) is 1.40. The molecule has 1 atom stereocenters. The van der Waals surface area contributed by atoms with E-state index in [0.717, 1.165) is 0 Å². The fraction of sp³-hybridized carbons (Fsp3) is 0.250. The second-order valence-corrected chi connectivity index (χ2v) is 4.72. The van der Waals surface area contributed by atoms with E-state index >= 15 is 0 Å². The summed E-state index contributed by atoms with van der Waals surface area (Å²) in [6.07, 6.45) is 0. The van der Waals surface area contributed by atoms with Crippen LogP contribution in [0.15, 0.2) is 36.4 Å². The molecule has 2 N–H and O–H groups in total.